The lowest BCUT2D eigenvalue weighted by Gasteiger charge is -2.26. The molecule has 2 aliphatic rings. The van der Waals surface area contributed by atoms with Gasteiger partial charge in [0.05, 0.1) is 0 Å². The molecule has 2 heterocycles. The lowest BCUT2D eigenvalue weighted by atomic mass is 10.0. The van der Waals surface area contributed by atoms with Gasteiger partial charge in [-0.05, 0) is 57.0 Å². The maximum absolute atomic E-state index is 12.8. The van der Waals surface area contributed by atoms with Crippen LogP contribution in [-0.2, 0) is 0 Å². The zero-order chi connectivity index (χ0) is 15.0. The number of hydrogen-bond acceptors (Lipinski definition) is 4. The molecule has 114 valence electrons. The quantitative estimate of drug-likeness (QED) is 0.641. The number of carbonyl (C=O) groups excluding carboxylic acids is 1. The summed E-state index contributed by atoms with van der Waals surface area (Å²) in [5, 5.41) is 0. The van der Waals surface area contributed by atoms with Crippen molar-refractivity contribution in [1.29, 1.82) is 0 Å². The molecule has 2 unspecified atom stereocenters. The monoisotopic (exact) mass is 288 g/mol. The average Bonchev–Trinajstić information content (AvgIpc) is 2.71. The molecule has 2 fully saturated rings. The summed E-state index contributed by atoms with van der Waals surface area (Å²) >= 11 is 0. The van der Waals surface area contributed by atoms with Crippen LogP contribution in [0, 0.1) is 6.92 Å². The Kier molecular flexibility index (Phi) is 3.87. The summed E-state index contributed by atoms with van der Waals surface area (Å²) < 4.78 is 0. The summed E-state index contributed by atoms with van der Waals surface area (Å²) in [7, 11) is 2.20. The number of fused-ring (bicyclic) bond motifs is 2. The van der Waals surface area contributed by atoms with Gasteiger partial charge in [-0.3, -0.25) is 15.5 Å². The van der Waals surface area contributed by atoms with Crippen molar-refractivity contribution in [2.75, 3.05) is 25.6 Å². The first kappa shape index (κ1) is 14.4. The molecule has 3 rings (SSSR count). The van der Waals surface area contributed by atoms with Gasteiger partial charge in [0.1, 0.15) is 0 Å². The van der Waals surface area contributed by atoms with Gasteiger partial charge >= 0.3 is 0 Å². The third-order valence-corrected chi connectivity index (χ3v) is 5.06. The Morgan fingerprint density at radius 2 is 2.05 bits per heavy atom. The molecule has 0 radical (unpaired) electrons. The Balaban J connectivity index is 1.79. The fourth-order valence-electron chi connectivity index (χ4n) is 3.66. The lowest BCUT2D eigenvalue weighted by Crippen LogP contribution is -2.39. The number of hydrogen-bond donors (Lipinski definition) is 2. The van der Waals surface area contributed by atoms with E-state index in [0.29, 0.717) is 12.1 Å². The average molecular weight is 288 g/mol. The number of nitrogens with zero attached hydrogens (tertiary/aromatic N) is 2. The molecule has 5 nitrogen and oxygen atoms in total. The number of nitrogens with one attached hydrogen (secondary N) is 1. The topological polar surface area (TPSA) is 61.6 Å². The van der Waals surface area contributed by atoms with Gasteiger partial charge in [0, 0.05) is 36.4 Å². The molecule has 1 aromatic carbocycles. The molecule has 3 N–H and O–H groups in total. The SMILES string of the molecule is Cc1cc(NN)ccc1C(=O)N1CCC2CCC(C1)N2C. The zero-order valence-corrected chi connectivity index (χ0v) is 12.8. The van der Waals surface area contributed by atoms with Gasteiger partial charge in [-0.1, -0.05) is 0 Å². The Bertz CT molecular complexity index is 545. The molecule has 0 aromatic heterocycles. The number of nitrogens with two attached hydrogens (primary N) is 1. The van der Waals surface area contributed by atoms with E-state index >= 15 is 0 Å². The molecule has 5 heteroatoms. The molecular formula is C16H24N4O. The van der Waals surface area contributed by atoms with Gasteiger partial charge in [-0.2, -0.15) is 0 Å². The Morgan fingerprint density at radius 1 is 1.29 bits per heavy atom. The minimum absolute atomic E-state index is 0.150. The van der Waals surface area contributed by atoms with E-state index in [2.05, 4.69) is 17.4 Å². The van der Waals surface area contributed by atoms with Crippen LogP contribution in [0.1, 0.15) is 35.2 Å². The highest BCUT2D eigenvalue weighted by molar-refractivity contribution is 5.96. The number of hydrazine groups is 1. The Labute approximate surface area is 126 Å². The van der Waals surface area contributed by atoms with Crippen LogP contribution in [0.3, 0.4) is 0 Å². The second kappa shape index (κ2) is 5.66. The largest absolute Gasteiger partial charge is 0.337 e. The van der Waals surface area contributed by atoms with E-state index in [4.69, 9.17) is 5.84 Å². The van der Waals surface area contributed by atoms with Crippen molar-refractivity contribution in [2.24, 2.45) is 5.84 Å². The molecular weight excluding hydrogens is 264 g/mol. The van der Waals surface area contributed by atoms with Crippen LogP contribution in [0.15, 0.2) is 18.2 Å². The summed E-state index contributed by atoms with van der Waals surface area (Å²) in [6.45, 7) is 3.67. The van der Waals surface area contributed by atoms with Crippen molar-refractivity contribution < 1.29 is 4.79 Å². The molecule has 0 saturated carbocycles. The van der Waals surface area contributed by atoms with Crippen molar-refractivity contribution in [3.05, 3.63) is 29.3 Å². The third-order valence-electron chi connectivity index (χ3n) is 5.06. The number of aryl methyl sites for hydroxylation is 1. The zero-order valence-electron chi connectivity index (χ0n) is 12.8. The molecule has 2 atom stereocenters. The maximum Gasteiger partial charge on any atom is 0.254 e. The fourth-order valence-corrected chi connectivity index (χ4v) is 3.66. The summed E-state index contributed by atoms with van der Waals surface area (Å²) in [5.74, 6) is 5.56. The molecule has 0 aliphatic carbocycles. The number of rotatable bonds is 2. The van der Waals surface area contributed by atoms with Crippen molar-refractivity contribution in [3.63, 3.8) is 0 Å². The van der Waals surface area contributed by atoms with Crippen molar-refractivity contribution >= 4 is 11.6 Å². The molecule has 2 saturated heterocycles. The van der Waals surface area contributed by atoms with Crippen LogP contribution in [0.4, 0.5) is 5.69 Å². The van der Waals surface area contributed by atoms with Crippen LogP contribution >= 0.6 is 0 Å². The number of amides is 1. The van der Waals surface area contributed by atoms with E-state index < -0.39 is 0 Å². The van der Waals surface area contributed by atoms with E-state index in [1.807, 2.05) is 30.0 Å². The second-order valence-corrected chi connectivity index (χ2v) is 6.26. The van der Waals surface area contributed by atoms with Crippen molar-refractivity contribution in [2.45, 2.75) is 38.3 Å². The number of likely N-dealkylation sites (N-methyl/N-ethyl adjacent to an activating group) is 1. The Morgan fingerprint density at radius 3 is 2.76 bits per heavy atom. The van der Waals surface area contributed by atoms with Crippen LogP contribution in [0.25, 0.3) is 0 Å². The van der Waals surface area contributed by atoms with Gasteiger partial charge in [-0.15, -0.1) is 0 Å². The first-order valence-corrected chi connectivity index (χ1v) is 7.68. The predicted molar refractivity (Wildman–Crippen MR) is 84.1 cm³/mol. The van der Waals surface area contributed by atoms with Gasteiger partial charge in [0.2, 0.25) is 0 Å². The number of likely N-dealkylation sites (tertiary alicyclic amines) is 1. The van der Waals surface area contributed by atoms with Crippen LogP contribution in [0.2, 0.25) is 0 Å². The van der Waals surface area contributed by atoms with E-state index in [1.165, 1.54) is 12.8 Å². The van der Waals surface area contributed by atoms with E-state index in [0.717, 1.165) is 36.3 Å². The number of nitrogen functional groups attached to an aromatic ring is 1. The number of anilines is 1. The number of carbonyl (C=O) groups is 1. The van der Waals surface area contributed by atoms with Crippen LogP contribution in [-0.4, -0.2) is 47.9 Å². The minimum Gasteiger partial charge on any atom is -0.337 e. The van der Waals surface area contributed by atoms with Gasteiger partial charge in [0.15, 0.2) is 0 Å². The summed E-state index contributed by atoms with van der Waals surface area (Å²) in [6, 6.07) is 6.82. The molecule has 1 aromatic rings. The first-order chi connectivity index (χ1) is 10.1. The van der Waals surface area contributed by atoms with E-state index in [9.17, 15) is 4.79 Å². The van der Waals surface area contributed by atoms with Gasteiger partial charge in [0.25, 0.3) is 5.91 Å². The normalized spacial score (nSPS) is 25.8. The standard InChI is InChI=1S/C16H24N4O/c1-11-9-12(18-17)3-6-15(11)16(21)20-8-7-13-4-5-14(10-20)19(13)2/h3,6,9,13-14,18H,4-5,7-8,10,17H2,1-2H3. The van der Waals surface area contributed by atoms with E-state index in [1.54, 1.807) is 0 Å². The third kappa shape index (κ3) is 2.63. The summed E-state index contributed by atoms with van der Waals surface area (Å²) in [5.41, 5.74) is 5.21. The maximum atomic E-state index is 12.8. The van der Waals surface area contributed by atoms with Crippen LogP contribution in [0.5, 0.6) is 0 Å². The second-order valence-electron chi connectivity index (χ2n) is 6.26. The lowest BCUT2D eigenvalue weighted by molar-refractivity contribution is 0.0739. The molecule has 1 amide bonds. The summed E-state index contributed by atoms with van der Waals surface area (Å²) in [6.07, 6.45) is 3.57. The molecule has 2 aliphatic heterocycles. The smallest absolute Gasteiger partial charge is 0.254 e. The first-order valence-electron chi connectivity index (χ1n) is 7.68. The van der Waals surface area contributed by atoms with Gasteiger partial charge in [-0.25, -0.2) is 0 Å². The van der Waals surface area contributed by atoms with Crippen molar-refractivity contribution in [3.8, 4) is 0 Å². The molecule has 21 heavy (non-hydrogen) atoms. The highest BCUT2D eigenvalue weighted by Crippen LogP contribution is 2.29. The highest BCUT2D eigenvalue weighted by atomic mass is 16.2. The minimum atomic E-state index is 0.150. The summed E-state index contributed by atoms with van der Waals surface area (Å²) in [4.78, 5) is 17.3. The molecule has 2 bridgehead atoms. The highest BCUT2D eigenvalue weighted by Gasteiger charge is 2.36. The number of benzene rings is 1. The fraction of sp³-hybridized carbons (Fsp3) is 0.562. The van der Waals surface area contributed by atoms with Crippen LogP contribution < -0.4 is 11.3 Å². The Hall–Kier alpha value is -1.59. The molecule has 0 spiro atoms. The van der Waals surface area contributed by atoms with E-state index in [-0.39, 0.29) is 5.91 Å². The van der Waals surface area contributed by atoms with Crippen molar-refractivity contribution in [1.82, 2.24) is 9.80 Å². The van der Waals surface area contributed by atoms with Gasteiger partial charge < -0.3 is 10.3 Å². The predicted octanol–water partition coefficient (Wildman–Crippen LogP) is 1.59.